The zero-order chi connectivity index (χ0) is 33.2. The maximum absolute atomic E-state index is 11.7. The Morgan fingerprint density at radius 1 is 1.04 bits per heavy atom. The second-order valence-electron chi connectivity index (χ2n) is 11.2. The van der Waals surface area contributed by atoms with Gasteiger partial charge in [-0.05, 0) is 67.2 Å². The molecule has 2 heterocycles. The summed E-state index contributed by atoms with van der Waals surface area (Å²) in [5, 5.41) is -0.581. The first-order chi connectivity index (χ1) is 21.7. The molecule has 0 amide bonds. The van der Waals surface area contributed by atoms with Crippen molar-refractivity contribution in [1.29, 1.82) is 0 Å². The molecule has 47 heavy (non-hydrogen) atoms. The third-order valence-corrected chi connectivity index (χ3v) is 10.3. The third kappa shape index (κ3) is 9.07. The monoisotopic (exact) mass is 708 g/mol. The number of hydrogen-bond acceptors (Lipinski definition) is 9. The summed E-state index contributed by atoms with van der Waals surface area (Å²) in [5.74, 6) is 0.932. The fraction of sp³-hybridized carbons (Fsp3) is 0.303. The van der Waals surface area contributed by atoms with E-state index in [1.54, 1.807) is 16.7 Å². The van der Waals surface area contributed by atoms with E-state index < -0.39 is 31.2 Å². The van der Waals surface area contributed by atoms with E-state index in [0.717, 1.165) is 28.0 Å². The molecule has 1 aromatic heterocycles. The van der Waals surface area contributed by atoms with Crippen LogP contribution in [-0.2, 0) is 26.8 Å². The summed E-state index contributed by atoms with van der Waals surface area (Å²) in [5.41, 5.74) is 5.48. The Bertz CT molecular complexity index is 2050. The molecular weight excluding hydrogens is 675 g/mol. The average molecular weight is 709 g/mol. The molecule has 0 N–H and O–H groups in total. The first kappa shape index (κ1) is 37.1. The van der Waals surface area contributed by atoms with Gasteiger partial charge in [-0.3, -0.25) is 0 Å². The van der Waals surface area contributed by atoms with Crippen LogP contribution in [0, 0.1) is 6.92 Å². The molecule has 0 saturated carbocycles. The molecule has 4 aromatic rings. The molecular formula is C33H34ClN2NaO8S2. The Hall–Kier alpha value is -2.68. The number of benzene rings is 3. The molecule has 0 radical (unpaired) electrons. The van der Waals surface area contributed by atoms with E-state index >= 15 is 0 Å². The van der Waals surface area contributed by atoms with Crippen LogP contribution in [0.3, 0.4) is 0 Å². The number of rotatable bonds is 12. The Morgan fingerprint density at radius 2 is 1.77 bits per heavy atom. The van der Waals surface area contributed by atoms with Crippen LogP contribution in [0.15, 0.2) is 82.6 Å². The molecule has 5 rings (SSSR count). The van der Waals surface area contributed by atoms with Crippen molar-refractivity contribution >= 4 is 54.7 Å². The van der Waals surface area contributed by atoms with Crippen LogP contribution in [-0.4, -0.2) is 43.5 Å². The summed E-state index contributed by atoms with van der Waals surface area (Å²) in [6.45, 7) is 5.61. The van der Waals surface area contributed by atoms with Gasteiger partial charge in [0.05, 0.1) is 37.0 Å². The van der Waals surface area contributed by atoms with Gasteiger partial charge in [-0.1, -0.05) is 54.9 Å². The van der Waals surface area contributed by atoms with Gasteiger partial charge in [0, 0.05) is 36.1 Å². The molecule has 0 aliphatic carbocycles. The van der Waals surface area contributed by atoms with Gasteiger partial charge in [0.15, 0.2) is 12.3 Å². The molecule has 1 atom stereocenters. The number of allylic oxidation sites excluding steroid dienone is 2. The SMILES string of the molecule is CCC(=Cc1oc2cc(C)c(Cl)cc2[n+]1CCCS(=O)(=O)[O-])C=C1Oc2ccc(-c3ccccc3)cc2N1CCC(C)S(=O)(=O)[O-].[Na+]. The topological polar surface area (TPSA) is 144 Å². The Labute approximate surface area is 302 Å². The van der Waals surface area contributed by atoms with Gasteiger partial charge in [-0.15, -0.1) is 0 Å². The average Bonchev–Trinajstić information content (AvgIpc) is 3.50. The van der Waals surface area contributed by atoms with Crippen molar-refractivity contribution in [2.24, 2.45) is 0 Å². The van der Waals surface area contributed by atoms with Crippen molar-refractivity contribution in [3.8, 4) is 16.9 Å². The minimum Gasteiger partial charge on any atom is -0.748 e. The van der Waals surface area contributed by atoms with Crippen molar-refractivity contribution in [2.45, 2.75) is 51.8 Å². The number of oxazole rings is 1. The molecule has 244 valence electrons. The number of ether oxygens (including phenoxy) is 1. The van der Waals surface area contributed by atoms with Gasteiger partial charge in [-0.2, -0.15) is 4.57 Å². The molecule has 3 aromatic carbocycles. The Morgan fingerprint density at radius 3 is 2.43 bits per heavy atom. The molecule has 10 nitrogen and oxygen atoms in total. The number of aryl methyl sites for hydroxylation is 2. The number of anilines is 1. The van der Waals surface area contributed by atoms with Crippen molar-refractivity contribution < 1.29 is 69.2 Å². The summed E-state index contributed by atoms with van der Waals surface area (Å²) in [7, 11) is -8.88. The number of nitrogens with zero attached hydrogens (tertiary/aromatic N) is 2. The van der Waals surface area contributed by atoms with Crippen LogP contribution < -0.4 is 43.8 Å². The largest absolute Gasteiger partial charge is 1.00 e. The second kappa shape index (κ2) is 15.3. The molecule has 14 heteroatoms. The van der Waals surface area contributed by atoms with Crippen LogP contribution in [0.25, 0.3) is 28.3 Å². The number of hydrogen-bond donors (Lipinski definition) is 0. The standard InChI is InChI=1S/C33H35ClN2O8S2.Na/c1-4-24(18-32-35(14-8-16-45(37,38)39)29-21-27(34)22(2)17-31(29)44-32)19-33-36(15-13-23(3)46(40,41)42)28-20-26(11-12-30(28)43-33)25-9-6-5-7-10-25;/h5-7,9-12,17-21,23H,4,8,13-16H2,1-3H3,(H-,37,38,39,40,41,42);/q;+1/p-1. The normalized spacial score (nSPS) is 15.1. The van der Waals surface area contributed by atoms with E-state index in [-0.39, 0.29) is 55.5 Å². The summed E-state index contributed by atoms with van der Waals surface area (Å²) in [4.78, 5) is 1.86. The van der Waals surface area contributed by atoms with Gasteiger partial charge in [-0.25, -0.2) is 16.8 Å². The van der Waals surface area contributed by atoms with Gasteiger partial charge < -0.3 is 23.2 Å². The summed E-state index contributed by atoms with van der Waals surface area (Å²) >= 11 is 6.41. The van der Waals surface area contributed by atoms with E-state index in [9.17, 15) is 25.9 Å². The fourth-order valence-electron chi connectivity index (χ4n) is 5.23. The van der Waals surface area contributed by atoms with Crippen LogP contribution in [0.2, 0.25) is 5.02 Å². The van der Waals surface area contributed by atoms with E-state index in [1.165, 1.54) is 6.92 Å². The third-order valence-electron chi connectivity index (χ3n) is 7.90. The fourth-order valence-corrected chi connectivity index (χ4v) is 6.26. The molecule has 0 spiro atoms. The zero-order valence-corrected chi connectivity index (χ0v) is 31.0. The van der Waals surface area contributed by atoms with E-state index in [1.807, 2.05) is 79.4 Å². The van der Waals surface area contributed by atoms with Crippen LogP contribution in [0.5, 0.6) is 5.75 Å². The van der Waals surface area contributed by atoms with Crippen LogP contribution in [0.1, 0.15) is 44.6 Å². The van der Waals surface area contributed by atoms with Gasteiger partial charge in [0.25, 0.3) is 5.52 Å². The van der Waals surface area contributed by atoms with Gasteiger partial charge >= 0.3 is 35.4 Å². The Balaban J connectivity index is 0.00000500. The van der Waals surface area contributed by atoms with E-state index in [2.05, 4.69) is 0 Å². The first-order valence-corrected chi connectivity index (χ1v) is 18.2. The molecule has 0 bridgehead atoms. The van der Waals surface area contributed by atoms with E-state index in [4.69, 9.17) is 20.8 Å². The van der Waals surface area contributed by atoms with Crippen LogP contribution in [0.4, 0.5) is 5.69 Å². The van der Waals surface area contributed by atoms with Gasteiger partial charge in [0.2, 0.25) is 11.5 Å². The quantitative estimate of drug-likeness (QED) is 0.123. The maximum atomic E-state index is 11.7. The van der Waals surface area contributed by atoms with Crippen molar-refractivity contribution in [2.75, 3.05) is 17.2 Å². The maximum Gasteiger partial charge on any atom is 1.00 e. The number of fused-ring (bicyclic) bond motifs is 2. The summed E-state index contributed by atoms with van der Waals surface area (Å²) in [6, 6.07) is 19.1. The number of halogens is 1. The second-order valence-corrected chi connectivity index (χ2v) is 14.9. The summed E-state index contributed by atoms with van der Waals surface area (Å²) < 4.78 is 83.3. The van der Waals surface area contributed by atoms with Gasteiger partial charge in [0.1, 0.15) is 0 Å². The number of aromatic nitrogens is 1. The summed E-state index contributed by atoms with van der Waals surface area (Å²) in [6.07, 6.45) is 4.35. The first-order valence-electron chi connectivity index (χ1n) is 14.8. The molecule has 0 fully saturated rings. The predicted octanol–water partition coefficient (Wildman–Crippen LogP) is 3.15. The van der Waals surface area contributed by atoms with Crippen LogP contribution >= 0.6 is 11.6 Å². The smallest absolute Gasteiger partial charge is 0.748 e. The molecule has 0 saturated heterocycles. The Kier molecular flexibility index (Phi) is 12.1. The molecule has 1 aliphatic rings. The van der Waals surface area contributed by atoms with E-state index in [0.29, 0.717) is 40.1 Å². The predicted molar refractivity (Wildman–Crippen MR) is 175 cm³/mol. The van der Waals surface area contributed by atoms with Crippen molar-refractivity contribution in [3.05, 3.63) is 94.7 Å². The zero-order valence-electron chi connectivity index (χ0n) is 26.6. The molecule has 1 unspecified atom stereocenters. The van der Waals surface area contributed by atoms with Crippen molar-refractivity contribution in [3.63, 3.8) is 0 Å². The minimum absolute atomic E-state index is 0. The minimum atomic E-state index is -4.48. The van der Waals surface area contributed by atoms with Crippen molar-refractivity contribution in [1.82, 2.24) is 0 Å². The molecule has 1 aliphatic heterocycles.